The van der Waals surface area contributed by atoms with Crippen molar-refractivity contribution in [2.45, 2.75) is 31.9 Å². The number of hydrogen-bond donors (Lipinski definition) is 2. The van der Waals surface area contributed by atoms with E-state index in [4.69, 9.17) is 10.2 Å². The van der Waals surface area contributed by atoms with Gasteiger partial charge in [0.1, 0.15) is 0 Å². The maximum atomic E-state index is 10.8. The van der Waals surface area contributed by atoms with Crippen molar-refractivity contribution in [3.05, 3.63) is 11.6 Å². The van der Waals surface area contributed by atoms with Crippen LogP contribution in [0.3, 0.4) is 0 Å². The van der Waals surface area contributed by atoms with Crippen LogP contribution < -0.4 is 5.14 Å². The van der Waals surface area contributed by atoms with E-state index < -0.39 is 15.3 Å². The van der Waals surface area contributed by atoms with Gasteiger partial charge in [0, 0.05) is 0 Å². The van der Waals surface area contributed by atoms with Crippen molar-refractivity contribution in [3.8, 4) is 0 Å². The van der Waals surface area contributed by atoms with E-state index in [2.05, 4.69) is 0 Å². The molecular weight excluding hydrogens is 190 g/mol. The van der Waals surface area contributed by atoms with Crippen LogP contribution in [0.1, 0.15) is 26.7 Å². The Morgan fingerprint density at radius 2 is 2.15 bits per heavy atom. The standard InChI is InChI=1S/C8H17NO3S/c1-3-8(6-10)5-4-7(2)13(9,11)12/h5,7,10H,3-4,6H2,1-2H3,(H2,9,11,12)/b8-5-. The fourth-order valence-electron chi connectivity index (χ4n) is 0.787. The van der Waals surface area contributed by atoms with Crippen LogP contribution in [-0.4, -0.2) is 25.4 Å². The first kappa shape index (κ1) is 12.6. The zero-order chi connectivity index (χ0) is 10.5. The first-order valence-corrected chi connectivity index (χ1v) is 5.83. The summed E-state index contributed by atoms with van der Waals surface area (Å²) in [7, 11) is -3.44. The topological polar surface area (TPSA) is 80.4 Å². The predicted molar refractivity (Wildman–Crippen MR) is 52.6 cm³/mol. The molecule has 0 spiro atoms. The van der Waals surface area contributed by atoms with Gasteiger partial charge in [-0.3, -0.25) is 0 Å². The van der Waals surface area contributed by atoms with Gasteiger partial charge in [0.15, 0.2) is 0 Å². The summed E-state index contributed by atoms with van der Waals surface area (Å²) in [6, 6.07) is 0. The van der Waals surface area contributed by atoms with E-state index in [1.165, 1.54) is 0 Å². The summed E-state index contributed by atoms with van der Waals surface area (Å²) in [5.74, 6) is 0. The third-order valence-corrected chi connectivity index (χ3v) is 3.27. The molecule has 0 saturated carbocycles. The van der Waals surface area contributed by atoms with Gasteiger partial charge >= 0.3 is 0 Å². The Bertz CT molecular complexity index is 263. The van der Waals surface area contributed by atoms with Crippen LogP contribution in [0.25, 0.3) is 0 Å². The number of aliphatic hydroxyl groups excluding tert-OH is 1. The molecule has 0 aliphatic heterocycles. The van der Waals surface area contributed by atoms with Crippen LogP contribution in [-0.2, 0) is 10.0 Å². The third kappa shape index (κ3) is 5.02. The molecule has 3 N–H and O–H groups in total. The molecule has 78 valence electrons. The molecule has 0 bridgehead atoms. The minimum Gasteiger partial charge on any atom is -0.392 e. The van der Waals surface area contributed by atoms with Gasteiger partial charge in [0.05, 0.1) is 11.9 Å². The number of hydrogen-bond acceptors (Lipinski definition) is 3. The van der Waals surface area contributed by atoms with Gasteiger partial charge in [-0.2, -0.15) is 0 Å². The summed E-state index contributed by atoms with van der Waals surface area (Å²) < 4.78 is 21.6. The average Bonchev–Trinajstić information content (AvgIpc) is 2.04. The Hall–Kier alpha value is -0.390. The van der Waals surface area contributed by atoms with Crippen LogP contribution in [0.2, 0.25) is 0 Å². The fourth-order valence-corrected chi connectivity index (χ4v) is 1.15. The Morgan fingerprint density at radius 1 is 1.62 bits per heavy atom. The quantitative estimate of drug-likeness (QED) is 0.640. The Balaban J connectivity index is 4.23. The van der Waals surface area contributed by atoms with Crippen LogP contribution in [0.5, 0.6) is 0 Å². The molecule has 1 atom stereocenters. The van der Waals surface area contributed by atoms with E-state index in [0.717, 1.165) is 12.0 Å². The molecule has 5 heteroatoms. The summed E-state index contributed by atoms with van der Waals surface area (Å²) in [6.07, 6.45) is 2.82. The minimum atomic E-state index is -3.44. The molecule has 0 rings (SSSR count). The second-order valence-electron chi connectivity index (χ2n) is 3.01. The molecule has 0 aromatic rings. The molecule has 0 aliphatic carbocycles. The second-order valence-corrected chi connectivity index (χ2v) is 4.99. The van der Waals surface area contributed by atoms with Crippen LogP contribution in [0, 0.1) is 0 Å². The molecule has 0 aromatic heterocycles. The van der Waals surface area contributed by atoms with Gasteiger partial charge in [-0.25, -0.2) is 13.6 Å². The highest BCUT2D eigenvalue weighted by Gasteiger charge is 2.13. The Morgan fingerprint density at radius 3 is 2.46 bits per heavy atom. The molecule has 1 unspecified atom stereocenters. The summed E-state index contributed by atoms with van der Waals surface area (Å²) in [5, 5.41) is 13.1. The van der Waals surface area contributed by atoms with Gasteiger partial charge < -0.3 is 5.11 Å². The highest BCUT2D eigenvalue weighted by Crippen LogP contribution is 2.06. The van der Waals surface area contributed by atoms with Crippen molar-refractivity contribution < 1.29 is 13.5 Å². The van der Waals surface area contributed by atoms with Gasteiger partial charge in [0.25, 0.3) is 0 Å². The van der Waals surface area contributed by atoms with Crippen molar-refractivity contribution in [3.63, 3.8) is 0 Å². The van der Waals surface area contributed by atoms with E-state index in [0.29, 0.717) is 6.42 Å². The van der Waals surface area contributed by atoms with Crippen LogP contribution in [0.15, 0.2) is 11.6 Å². The molecule has 0 saturated heterocycles. The normalized spacial score (nSPS) is 15.8. The lowest BCUT2D eigenvalue weighted by molar-refractivity contribution is 0.327. The Labute approximate surface area is 79.5 Å². The number of sulfonamides is 1. The monoisotopic (exact) mass is 207 g/mol. The maximum Gasteiger partial charge on any atom is 0.211 e. The summed E-state index contributed by atoms with van der Waals surface area (Å²) in [6.45, 7) is 3.44. The molecule has 0 aliphatic rings. The lowest BCUT2D eigenvalue weighted by Crippen LogP contribution is -2.25. The average molecular weight is 207 g/mol. The van der Waals surface area contributed by atoms with Crippen molar-refractivity contribution in [2.75, 3.05) is 6.61 Å². The van der Waals surface area contributed by atoms with Crippen molar-refractivity contribution in [1.29, 1.82) is 0 Å². The zero-order valence-electron chi connectivity index (χ0n) is 8.03. The number of rotatable bonds is 5. The maximum absolute atomic E-state index is 10.8. The van der Waals surface area contributed by atoms with Crippen LogP contribution >= 0.6 is 0 Å². The largest absolute Gasteiger partial charge is 0.392 e. The van der Waals surface area contributed by atoms with Gasteiger partial charge in [-0.1, -0.05) is 13.0 Å². The van der Waals surface area contributed by atoms with Crippen LogP contribution in [0.4, 0.5) is 0 Å². The van der Waals surface area contributed by atoms with E-state index >= 15 is 0 Å². The van der Waals surface area contributed by atoms with E-state index in [9.17, 15) is 8.42 Å². The van der Waals surface area contributed by atoms with Crippen molar-refractivity contribution in [1.82, 2.24) is 0 Å². The smallest absolute Gasteiger partial charge is 0.211 e. The van der Waals surface area contributed by atoms with E-state index in [1.807, 2.05) is 6.92 Å². The molecule has 0 amide bonds. The molecule has 13 heavy (non-hydrogen) atoms. The fraction of sp³-hybridized carbons (Fsp3) is 0.750. The molecule has 0 fully saturated rings. The number of primary sulfonamides is 1. The third-order valence-electron chi connectivity index (χ3n) is 1.96. The lowest BCUT2D eigenvalue weighted by Gasteiger charge is -2.06. The molecular formula is C8H17NO3S. The number of nitrogens with two attached hydrogens (primary N) is 1. The highest BCUT2D eigenvalue weighted by atomic mass is 32.2. The minimum absolute atomic E-state index is 0.0200. The summed E-state index contributed by atoms with van der Waals surface area (Å²) in [5.41, 5.74) is 0.843. The second kappa shape index (κ2) is 5.36. The molecule has 0 radical (unpaired) electrons. The van der Waals surface area contributed by atoms with E-state index in [-0.39, 0.29) is 6.61 Å². The summed E-state index contributed by atoms with van der Waals surface area (Å²) in [4.78, 5) is 0. The van der Waals surface area contributed by atoms with Crippen molar-refractivity contribution >= 4 is 10.0 Å². The van der Waals surface area contributed by atoms with Gasteiger partial charge in [-0.05, 0) is 25.3 Å². The number of allylic oxidation sites excluding steroid dienone is 1. The van der Waals surface area contributed by atoms with Gasteiger partial charge in [0.2, 0.25) is 10.0 Å². The first-order valence-electron chi connectivity index (χ1n) is 4.22. The molecule has 0 heterocycles. The van der Waals surface area contributed by atoms with Gasteiger partial charge in [-0.15, -0.1) is 0 Å². The SMILES string of the molecule is CC/C(=C/CC(C)S(N)(=O)=O)CO. The summed E-state index contributed by atoms with van der Waals surface area (Å²) >= 11 is 0. The molecule has 4 nitrogen and oxygen atoms in total. The lowest BCUT2D eigenvalue weighted by atomic mass is 10.1. The van der Waals surface area contributed by atoms with Crippen molar-refractivity contribution in [2.24, 2.45) is 5.14 Å². The molecule has 0 aromatic carbocycles. The predicted octanol–water partition coefficient (Wildman–Crippen LogP) is 0.382. The zero-order valence-corrected chi connectivity index (χ0v) is 8.84. The Kier molecular flexibility index (Phi) is 5.20. The first-order chi connectivity index (χ1) is 5.91. The highest BCUT2D eigenvalue weighted by molar-refractivity contribution is 7.89. The number of aliphatic hydroxyl groups is 1. The van der Waals surface area contributed by atoms with E-state index in [1.54, 1.807) is 13.0 Å².